The lowest BCUT2D eigenvalue weighted by Crippen LogP contribution is -2.46. The largest absolute Gasteiger partial charge is 0.462 e. The minimum Gasteiger partial charge on any atom is -0.462 e. The van der Waals surface area contributed by atoms with Gasteiger partial charge in [-0.1, -0.05) is 11.6 Å². The molecule has 3 aromatic heterocycles. The summed E-state index contributed by atoms with van der Waals surface area (Å²) in [5.74, 6) is 0.600. The number of hydrogen-bond acceptors (Lipinski definition) is 8. The monoisotopic (exact) mass is 431 g/mol. The predicted molar refractivity (Wildman–Crippen MR) is 115 cm³/mol. The quantitative estimate of drug-likeness (QED) is 0.572. The highest BCUT2D eigenvalue weighted by Crippen LogP contribution is 2.35. The lowest BCUT2D eigenvalue weighted by atomic mass is 10.2. The molecule has 1 aliphatic rings. The number of fused-ring (bicyclic) bond motifs is 1. The standard InChI is InChI=1S/C20H22ClN5O2S/c1-3-28-20(27)17-13(2)16-18(23-12-24-19(16)29-17)26-8-6-25(7-9-26)11-15-5-4-14(21)10-22-15/h4-5,10,12H,3,6-9,11H2,1-2H3. The summed E-state index contributed by atoms with van der Waals surface area (Å²) in [5, 5.41) is 1.60. The summed E-state index contributed by atoms with van der Waals surface area (Å²) in [7, 11) is 0. The molecule has 4 rings (SSSR count). The van der Waals surface area contributed by atoms with E-state index in [1.807, 2.05) is 26.0 Å². The molecule has 152 valence electrons. The van der Waals surface area contributed by atoms with Gasteiger partial charge in [-0.25, -0.2) is 14.8 Å². The van der Waals surface area contributed by atoms with Crippen LogP contribution in [-0.2, 0) is 11.3 Å². The predicted octanol–water partition coefficient (Wildman–Crippen LogP) is 3.55. The number of thiophene rings is 1. The highest BCUT2D eigenvalue weighted by Gasteiger charge is 2.25. The third-order valence-electron chi connectivity index (χ3n) is 5.01. The Morgan fingerprint density at radius 1 is 1.21 bits per heavy atom. The number of esters is 1. The van der Waals surface area contributed by atoms with Crippen molar-refractivity contribution in [2.24, 2.45) is 0 Å². The SMILES string of the molecule is CCOC(=O)c1sc2ncnc(N3CCN(Cc4ccc(Cl)cn4)CC3)c2c1C. The zero-order valence-electron chi connectivity index (χ0n) is 16.4. The van der Waals surface area contributed by atoms with Crippen molar-refractivity contribution < 1.29 is 9.53 Å². The van der Waals surface area contributed by atoms with Gasteiger partial charge in [-0.3, -0.25) is 9.88 Å². The molecule has 0 N–H and O–H groups in total. The molecule has 0 aliphatic carbocycles. The van der Waals surface area contributed by atoms with E-state index < -0.39 is 0 Å². The van der Waals surface area contributed by atoms with Gasteiger partial charge in [-0.2, -0.15) is 0 Å². The van der Waals surface area contributed by atoms with Gasteiger partial charge in [0.1, 0.15) is 21.9 Å². The van der Waals surface area contributed by atoms with E-state index in [9.17, 15) is 4.79 Å². The summed E-state index contributed by atoms with van der Waals surface area (Å²) in [4.78, 5) is 31.7. The number of pyridine rings is 1. The summed E-state index contributed by atoms with van der Waals surface area (Å²) < 4.78 is 5.19. The fraction of sp³-hybridized carbons (Fsp3) is 0.400. The van der Waals surface area contributed by atoms with Crippen LogP contribution in [-0.4, -0.2) is 58.6 Å². The van der Waals surface area contributed by atoms with Crippen LogP contribution in [0.15, 0.2) is 24.7 Å². The summed E-state index contributed by atoms with van der Waals surface area (Å²) in [6.45, 7) is 8.43. The number of piperazine rings is 1. The van der Waals surface area contributed by atoms with Crippen molar-refractivity contribution in [1.82, 2.24) is 19.9 Å². The molecule has 0 bridgehead atoms. The van der Waals surface area contributed by atoms with E-state index in [4.69, 9.17) is 16.3 Å². The van der Waals surface area contributed by atoms with Crippen LogP contribution in [0.25, 0.3) is 10.2 Å². The molecule has 29 heavy (non-hydrogen) atoms. The molecule has 0 amide bonds. The molecule has 9 heteroatoms. The van der Waals surface area contributed by atoms with Gasteiger partial charge in [0.2, 0.25) is 0 Å². The second-order valence-corrected chi connectivity index (χ2v) is 8.32. The highest BCUT2D eigenvalue weighted by molar-refractivity contribution is 7.20. The minimum absolute atomic E-state index is 0.292. The molecule has 0 unspecified atom stereocenters. The number of ether oxygens (including phenoxy) is 1. The molecule has 0 saturated carbocycles. The second-order valence-electron chi connectivity index (χ2n) is 6.89. The lowest BCUT2D eigenvalue weighted by molar-refractivity contribution is 0.0531. The first kappa shape index (κ1) is 20.0. The van der Waals surface area contributed by atoms with Crippen molar-refractivity contribution in [3.05, 3.63) is 45.8 Å². The van der Waals surface area contributed by atoms with Gasteiger partial charge in [0, 0.05) is 38.9 Å². The number of halogens is 1. The van der Waals surface area contributed by atoms with E-state index in [1.165, 1.54) is 11.3 Å². The maximum absolute atomic E-state index is 12.3. The summed E-state index contributed by atoms with van der Waals surface area (Å²) in [5.41, 5.74) is 1.91. The number of nitrogens with zero attached hydrogens (tertiary/aromatic N) is 5. The zero-order chi connectivity index (χ0) is 20.4. The van der Waals surface area contributed by atoms with Crippen molar-refractivity contribution in [2.75, 3.05) is 37.7 Å². The van der Waals surface area contributed by atoms with E-state index in [1.54, 1.807) is 12.5 Å². The third kappa shape index (κ3) is 4.19. The molecule has 4 heterocycles. The first-order valence-corrected chi connectivity index (χ1v) is 10.7. The van der Waals surface area contributed by atoms with Crippen LogP contribution in [0.5, 0.6) is 0 Å². The molecule has 1 fully saturated rings. The van der Waals surface area contributed by atoms with Crippen molar-refractivity contribution in [3.8, 4) is 0 Å². The molecule has 1 aliphatic heterocycles. The van der Waals surface area contributed by atoms with Crippen molar-refractivity contribution in [3.63, 3.8) is 0 Å². The zero-order valence-corrected chi connectivity index (χ0v) is 18.0. The Morgan fingerprint density at radius 2 is 2.00 bits per heavy atom. The Bertz CT molecular complexity index is 1020. The molecule has 0 radical (unpaired) electrons. The molecule has 0 aromatic carbocycles. The van der Waals surface area contributed by atoms with E-state index in [2.05, 4.69) is 24.8 Å². The van der Waals surface area contributed by atoms with Gasteiger partial charge >= 0.3 is 5.97 Å². The van der Waals surface area contributed by atoms with Crippen LogP contribution in [0, 0.1) is 6.92 Å². The fourth-order valence-corrected chi connectivity index (χ4v) is 4.68. The molecule has 3 aromatic rings. The number of carbonyl (C=O) groups is 1. The minimum atomic E-state index is -0.292. The number of anilines is 1. The smallest absolute Gasteiger partial charge is 0.348 e. The van der Waals surface area contributed by atoms with Gasteiger partial charge < -0.3 is 9.64 Å². The van der Waals surface area contributed by atoms with Gasteiger partial charge in [0.15, 0.2) is 0 Å². The van der Waals surface area contributed by atoms with Crippen molar-refractivity contribution in [2.45, 2.75) is 20.4 Å². The van der Waals surface area contributed by atoms with E-state index in [-0.39, 0.29) is 5.97 Å². The average Bonchev–Trinajstić information content (AvgIpc) is 3.07. The number of aromatic nitrogens is 3. The Morgan fingerprint density at radius 3 is 2.69 bits per heavy atom. The van der Waals surface area contributed by atoms with Crippen LogP contribution < -0.4 is 4.90 Å². The number of carbonyl (C=O) groups excluding carboxylic acids is 1. The van der Waals surface area contributed by atoms with Crippen LogP contribution in [0.3, 0.4) is 0 Å². The number of hydrogen-bond donors (Lipinski definition) is 0. The van der Waals surface area contributed by atoms with Gasteiger partial charge in [0.05, 0.1) is 22.7 Å². The van der Waals surface area contributed by atoms with Gasteiger partial charge in [-0.15, -0.1) is 11.3 Å². The molecule has 7 nitrogen and oxygen atoms in total. The normalized spacial score (nSPS) is 15.1. The highest BCUT2D eigenvalue weighted by atomic mass is 35.5. The van der Waals surface area contributed by atoms with Crippen LogP contribution in [0.2, 0.25) is 5.02 Å². The Balaban J connectivity index is 1.51. The first-order chi connectivity index (χ1) is 14.1. The fourth-order valence-electron chi connectivity index (χ4n) is 3.53. The molecular weight excluding hydrogens is 410 g/mol. The first-order valence-electron chi connectivity index (χ1n) is 9.55. The topological polar surface area (TPSA) is 71.5 Å². The van der Waals surface area contributed by atoms with Crippen LogP contribution in [0.4, 0.5) is 5.82 Å². The summed E-state index contributed by atoms with van der Waals surface area (Å²) in [6.07, 6.45) is 3.26. The Hall–Kier alpha value is -2.29. The lowest BCUT2D eigenvalue weighted by Gasteiger charge is -2.35. The molecular formula is C20H22ClN5O2S. The third-order valence-corrected chi connectivity index (χ3v) is 6.42. The van der Waals surface area contributed by atoms with Gasteiger partial charge in [0.25, 0.3) is 0 Å². The number of aryl methyl sites for hydroxylation is 1. The Kier molecular flexibility index (Phi) is 5.94. The summed E-state index contributed by atoms with van der Waals surface area (Å²) >= 11 is 7.29. The number of rotatable bonds is 5. The maximum atomic E-state index is 12.3. The van der Waals surface area contributed by atoms with Crippen molar-refractivity contribution >= 4 is 44.9 Å². The second kappa shape index (κ2) is 8.61. The van der Waals surface area contributed by atoms with Gasteiger partial charge in [-0.05, 0) is 31.5 Å². The molecule has 0 spiro atoms. The summed E-state index contributed by atoms with van der Waals surface area (Å²) in [6, 6.07) is 3.84. The van der Waals surface area contributed by atoms with E-state index >= 15 is 0 Å². The molecule has 0 atom stereocenters. The van der Waals surface area contributed by atoms with Crippen molar-refractivity contribution in [1.29, 1.82) is 0 Å². The van der Waals surface area contributed by atoms with Crippen LogP contribution >= 0.6 is 22.9 Å². The van der Waals surface area contributed by atoms with E-state index in [0.717, 1.165) is 60.0 Å². The van der Waals surface area contributed by atoms with E-state index in [0.29, 0.717) is 16.5 Å². The maximum Gasteiger partial charge on any atom is 0.348 e. The molecule has 1 saturated heterocycles. The Labute approximate surface area is 178 Å². The van der Waals surface area contributed by atoms with Crippen LogP contribution in [0.1, 0.15) is 27.9 Å². The average molecular weight is 432 g/mol.